The monoisotopic (exact) mass is 586 g/mol. The highest BCUT2D eigenvalue weighted by Gasteiger charge is 2.66. The highest BCUT2D eigenvalue weighted by atomic mass is 19.4. The van der Waals surface area contributed by atoms with E-state index in [-0.39, 0.29) is 31.3 Å². The molecule has 0 aromatic heterocycles. The molecule has 5 unspecified atom stereocenters. The zero-order chi connectivity index (χ0) is 29.8. The number of hydrogen-bond donors (Lipinski definition) is 0. The molecule has 3 saturated heterocycles. The summed E-state index contributed by atoms with van der Waals surface area (Å²) in [5.74, 6) is -5.80. The van der Waals surface area contributed by atoms with Crippen molar-refractivity contribution in [1.29, 1.82) is 0 Å². The van der Waals surface area contributed by atoms with Crippen LogP contribution in [-0.2, 0) is 42.8 Å². The zero-order valence-corrected chi connectivity index (χ0v) is 21.9. The fourth-order valence-corrected chi connectivity index (χ4v) is 5.12. The number of fused-ring (bicyclic) bond motifs is 3. The van der Waals surface area contributed by atoms with E-state index in [0.29, 0.717) is 5.57 Å². The lowest BCUT2D eigenvalue weighted by Crippen LogP contribution is -2.47. The van der Waals surface area contributed by atoms with Crippen molar-refractivity contribution in [3.63, 3.8) is 0 Å². The molecule has 5 atom stereocenters. The summed E-state index contributed by atoms with van der Waals surface area (Å²) in [6.45, 7) is 7.01. The van der Waals surface area contributed by atoms with Gasteiger partial charge in [0.1, 0.15) is 6.10 Å². The molecule has 0 N–H and O–H groups in total. The standard InChI is InChI=1S/C25H28F6O9/c1-10(2)9-13(11(3)4)19(33)36-16-14-15(35-20(16)34)17-21(37-14)40-23(39-17)7-5-12(6-8-23)18(32)38-22(24(26,27)28)25(29,30)31/h9,12,14-17,21-22H,5-8H2,1-4H3. The molecular formula is C25H28F6O9. The third-order valence-corrected chi connectivity index (χ3v) is 7.01. The second-order valence-corrected chi connectivity index (χ2v) is 10.6. The molecule has 40 heavy (non-hydrogen) atoms. The third-order valence-electron chi connectivity index (χ3n) is 7.01. The van der Waals surface area contributed by atoms with Gasteiger partial charge < -0.3 is 28.4 Å². The van der Waals surface area contributed by atoms with Gasteiger partial charge in [-0.15, -0.1) is 0 Å². The van der Waals surface area contributed by atoms with Crippen LogP contribution in [-0.4, -0.2) is 72.9 Å². The Labute approximate surface area is 224 Å². The SMILES string of the molecule is CC(C)=CC(C(=O)OC1C(=O)OC2C3OC4(CCC(C(=O)OC(C(F)(F)F)C(F)(F)F)CC4)OC3OC12)=C(C)C. The molecule has 3 aliphatic heterocycles. The van der Waals surface area contributed by atoms with Crippen molar-refractivity contribution in [1.82, 2.24) is 0 Å². The van der Waals surface area contributed by atoms with Crippen molar-refractivity contribution in [3.05, 3.63) is 22.8 Å². The molecule has 224 valence electrons. The fraction of sp³-hybridized carbons (Fsp3) is 0.720. The van der Waals surface area contributed by atoms with E-state index < -0.39 is 78.8 Å². The number of carbonyl (C=O) groups excluding carboxylic acids is 3. The molecule has 0 amide bonds. The summed E-state index contributed by atoms with van der Waals surface area (Å²) < 4.78 is 109. The minimum Gasteiger partial charge on any atom is -0.454 e. The van der Waals surface area contributed by atoms with Crippen molar-refractivity contribution < 1.29 is 69.1 Å². The Hall–Kier alpha value is -2.65. The van der Waals surface area contributed by atoms with Gasteiger partial charge in [0.25, 0.3) is 6.10 Å². The molecule has 15 heteroatoms. The van der Waals surface area contributed by atoms with Crippen LogP contribution >= 0.6 is 0 Å². The van der Waals surface area contributed by atoms with Gasteiger partial charge in [0.2, 0.25) is 6.10 Å². The van der Waals surface area contributed by atoms with Gasteiger partial charge in [0.15, 0.2) is 24.3 Å². The lowest BCUT2D eigenvalue weighted by molar-refractivity contribution is -0.315. The molecule has 4 fully saturated rings. The lowest BCUT2D eigenvalue weighted by Gasteiger charge is -2.36. The second kappa shape index (κ2) is 10.6. The largest absolute Gasteiger partial charge is 0.454 e. The molecule has 9 nitrogen and oxygen atoms in total. The van der Waals surface area contributed by atoms with E-state index >= 15 is 0 Å². The van der Waals surface area contributed by atoms with E-state index in [9.17, 15) is 40.7 Å². The summed E-state index contributed by atoms with van der Waals surface area (Å²) in [6, 6.07) is 0. The Morgan fingerprint density at radius 3 is 2.08 bits per heavy atom. The molecule has 1 spiro atoms. The molecule has 4 aliphatic rings. The van der Waals surface area contributed by atoms with Crippen molar-refractivity contribution in [2.75, 3.05) is 0 Å². The van der Waals surface area contributed by atoms with E-state index in [0.717, 1.165) is 5.57 Å². The summed E-state index contributed by atoms with van der Waals surface area (Å²) in [4.78, 5) is 37.4. The molecular weight excluding hydrogens is 558 g/mol. The van der Waals surface area contributed by atoms with Gasteiger partial charge in [0.05, 0.1) is 11.5 Å². The van der Waals surface area contributed by atoms with Gasteiger partial charge in [-0.05, 0) is 46.6 Å². The zero-order valence-electron chi connectivity index (χ0n) is 21.9. The van der Waals surface area contributed by atoms with Gasteiger partial charge >= 0.3 is 30.3 Å². The number of halogens is 6. The highest BCUT2D eigenvalue weighted by molar-refractivity contribution is 5.94. The van der Waals surface area contributed by atoms with E-state index in [1.54, 1.807) is 33.8 Å². The summed E-state index contributed by atoms with van der Waals surface area (Å²) in [5, 5.41) is 0. The smallest absolute Gasteiger partial charge is 0.434 e. The van der Waals surface area contributed by atoms with Gasteiger partial charge in [-0.1, -0.05) is 11.1 Å². The van der Waals surface area contributed by atoms with Crippen LogP contribution < -0.4 is 0 Å². The summed E-state index contributed by atoms with van der Waals surface area (Å²) >= 11 is 0. The minimum absolute atomic E-state index is 0.0673. The van der Waals surface area contributed by atoms with Crippen molar-refractivity contribution in [2.45, 2.75) is 108 Å². The predicted molar refractivity (Wildman–Crippen MR) is 119 cm³/mol. The van der Waals surface area contributed by atoms with E-state index in [4.69, 9.17) is 23.7 Å². The predicted octanol–water partition coefficient (Wildman–Crippen LogP) is 4.19. The number of carbonyl (C=O) groups is 3. The van der Waals surface area contributed by atoms with Gasteiger partial charge in [-0.25, -0.2) is 9.59 Å². The molecule has 0 bridgehead atoms. The first-order chi connectivity index (χ1) is 18.4. The number of allylic oxidation sites excluding steroid dienone is 2. The minimum atomic E-state index is -5.81. The van der Waals surface area contributed by atoms with Gasteiger partial charge in [0, 0.05) is 12.8 Å². The van der Waals surface area contributed by atoms with Crippen molar-refractivity contribution in [2.24, 2.45) is 5.92 Å². The Morgan fingerprint density at radius 1 is 0.950 bits per heavy atom. The van der Waals surface area contributed by atoms with Crippen LogP contribution in [0.3, 0.4) is 0 Å². The first-order valence-electron chi connectivity index (χ1n) is 12.5. The van der Waals surface area contributed by atoms with Crippen LogP contribution in [0, 0.1) is 5.92 Å². The average molecular weight is 586 g/mol. The molecule has 1 saturated carbocycles. The summed E-state index contributed by atoms with van der Waals surface area (Å²) in [6.07, 6.45) is -20.1. The maximum Gasteiger partial charge on any atom is 0.434 e. The van der Waals surface area contributed by atoms with E-state index in [1.165, 1.54) is 0 Å². The Kier molecular flexibility index (Phi) is 8.06. The normalized spacial score (nSPS) is 33.3. The number of alkyl halides is 6. The quantitative estimate of drug-likeness (QED) is 0.154. The maximum atomic E-state index is 12.8. The van der Waals surface area contributed by atoms with E-state index in [1.807, 2.05) is 0 Å². The number of esters is 3. The number of hydrogen-bond acceptors (Lipinski definition) is 9. The molecule has 1 aliphatic carbocycles. The molecule has 3 heterocycles. The van der Waals surface area contributed by atoms with Gasteiger partial charge in [-0.3, -0.25) is 4.79 Å². The number of ether oxygens (including phenoxy) is 6. The van der Waals surface area contributed by atoms with Crippen LogP contribution in [0.15, 0.2) is 22.8 Å². The van der Waals surface area contributed by atoms with Crippen molar-refractivity contribution in [3.8, 4) is 0 Å². The topological polar surface area (TPSA) is 107 Å². The summed E-state index contributed by atoms with van der Waals surface area (Å²) in [5.41, 5.74) is 1.77. The third kappa shape index (κ3) is 6.00. The van der Waals surface area contributed by atoms with Crippen LogP contribution in [0.4, 0.5) is 26.3 Å². The Bertz CT molecular complexity index is 1080. The fourth-order valence-electron chi connectivity index (χ4n) is 5.12. The number of rotatable bonds is 5. The van der Waals surface area contributed by atoms with E-state index in [2.05, 4.69) is 4.74 Å². The Morgan fingerprint density at radius 2 is 1.55 bits per heavy atom. The van der Waals surface area contributed by atoms with Crippen molar-refractivity contribution >= 4 is 17.9 Å². The first kappa shape index (κ1) is 30.3. The Balaban J connectivity index is 1.36. The van der Waals surface area contributed by atoms with Crippen LogP contribution in [0.5, 0.6) is 0 Å². The lowest BCUT2D eigenvalue weighted by atomic mass is 9.85. The highest BCUT2D eigenvalue weighted by Crippen LogP contribution is 2.49. The van der Waals surface area contributed by atoms with Crippen LogP contribution in [0.25, 0.3) is 0 Å². The molecule has 4 rings (SSSR count). The van der Waals surface area contributed by atoms with Crippen LogP contribution in [0.1, 0.15) is 53.4 Å². The van der Waals surface area contributed by atoms with Gasteiger partial charge in [-0.2, -0.15) is 26.3 Å². The molecule has 0 aromatic rings. The maximum absolute atomic E-state index is 12.8. The molecule has 0 radical (unpaired) electrons. The second-order valence-electron chi connectivity index (χ2n) is 10.6. The first-order valence-corrected chi connectivity index (χ1v) is 12.5. The summed E-state index contributed by atoms with van der Waals surface area (Å²) in [7, 11) is 0. The molecule has 0 aromatic carbocycles. The van der Waals surface area contributed by atoms with Crippen LogP contribution in [0.2, 0.25) is 0 Å². The average Bonchev–Trinajstić information content (AvgIpc) is 3.42.